The van der Waals surface area contributed by atoms with Crippen LogP contribution in [0.4, 0.5) is 0 Å². The quantitative estimate of drug-likeness (QED) is 0.555. The van der Waals surface area contributed by atoms with Crippen molar-refractivity contribution in [2.45, 2.75) is 13.8 Å². The number of hydrogen-bond donors (Lipinski definition) is 0. The van der Waals surface area contributed by atoms with Gasteiger partial charge in [0.05, 0.1) is 11.2 Å². The van der Waals surface area contributed by atoms with Gasteiger partial charge in [-0.1, -0.05) is 0 Å². The largest absolute Gasteiger partial charge is 0.241 e. The summed E-state index contributed by atoms with van der Waals surface area (Å²) in [4.78, 5) is 0. The molecule has 2 nitrogen and oxygen atoms in total. The van der Waals surface area contributed by atoms with E-state index in [1.54, 1.807) is 0 Å². The highest BCUT2D eigenvalue weighted by Crippen LogP contribution is 2.07. The molecule has 0 radical (unpaired) electrons. The van der Waals surface area contributed by atoms with Crippen LogP contribution < -0.4 is 0 Å². The van der Waals surface area contributed by atoms with Gasteiger partial charge in [-0.2, -0.15) is 5.10 Å². The Morgan fingerprint density at radius 3 is 2.91 bits per heavy atom. The zero-order chi connectivity index (χ0) is 7.84. The van der Waals surface area contributed by atoms with Crippen LogP contribution in [0.5, 0.6) is 0 Å². The lowest BCUT2D eigenvalue weighted by Gasteiger charge is -1.93. The van der Waals surface area contributed by atoms with Gasteiger partial charge in [-0.3, -0.25) is 0 Å². The van der Waals surface area contributed by atoms with E-state index >= 15 is 0 Å². The minimum absolute atomic E-state index is 1.05. The van der Waals surface area contributed by atoms with Crippen molar-refractivity contribution in [3.05, 3.63) is 35.7 Å². The van der Waals surface area contributed by atoms with Crippen molar-refractivity contribution in [3.8, 4) is 0 Å². The molecule has 0 saturated carbocycles. The van der Waals surface area contributed by atoms with Crippen LogP contribution in [0.3, 0.4) is 0 Å². The summed E-state index contributed by atoms with van der Waals surface area (Å²) in [7, 11) is 0. The Labute approximate surface area is 65.5 Å². The maximum absolute atomic E-state index is 4.31. The third-order valence-electron chi connectivity index (χ3n) is 1.73. The molecule has 0 aliphatic rings. The Morgan fingerprint density at radius 1 is 1.27 bits per heavy atom. The van der Waals surface area contributed by atoms with E-state index in [-0.39, 0.29) is 0 Å². The van der Waals surface area contributed by atoms with Crippen molar-refractivity contribution < 1.29 is 0 Å². The second kappa shape index (κ2) is 2.09. The Hall–Kier alpha value is -1.31. The molecule has 2 heterocycles. The molecule has 0 fully saturated rings. The Kier molecular flexibility index (Phi) is 1.22. The summed E-state index contributed by atoms with van der Waals surface area (Å²) >= 11 is 0. The minimum atomic E-state index is 1.05. The van der Waals surface area contributed by atoms with Gasteiger partial charge < -0.3 is 0 Å². The summed E-state index contributed by atoms with van der Waals surface area (Å²) in [5.41, 5.74) is 3.46. The first kappa shape index (κ1) is 6.40. The van der Waals surface area contributed by atoms with Crippen LogP contribution in [-0.2, 0) is 0 Å². The van der Waals surface area contributed by atoms with Gasteiger partial charge in [-0.15, -0.1) is 0 Å². The molecule has 2 rings (SSSR count). The molecule has 0 spiro atoms. The first-order chi connectivity index (χ1) is 5.25. The summed E-state index contributed by atoms with van der Waals surface area (Å²) in [6.07, 6.45) is 2.03. The average Bonchev–Trinajstić information content (AvgIpc) is 2.27. The van der Waals surface area contributed by atoms with Crippen LogP contribution in [-0.4, -0.2) is 9.61 Å². The van der Waals surface area contributed by atoms with E-state index in [2.05, 4.69) is 24.2 Å². The van der Waals surface area contributed by atoms with E-state index in [0.717, 1.165) is 11.2 Å². The van der Waals surface area contributed by atoms with Crippen molar-refractivity contribution in [2.75, 3.05) is 0 Å². The molecule has 2 aromatic heterocycles. The van der Waals surface area contributed by atoms with Gasteiger partial charge in [0.25, 0.3) is 0 Å². The molecular formula is C9H10N2. The molecule has 2 aromatic rings. The zero-order valence-electron chi connectivity index (χ0n) is 6.70. The number of nitrogens with zero attached hydrogens (tertiary/aromatic N) is 2. The third-order valence-corrected chi connectivity index (χ3v) is 1.73. The van der Waals surface area contributed by atoms with Gasteiger partial charge >= 0.3 is 0 Å². The van der Waals surface area contributed by atoms with Gasteiger partial charge in [-0.05, 0) is 37.6 Å². The van der Waals surface area contributed by atoms with Crippen LogP contribution >= 0.6 is 0 Å². The van der Waals surface area contributed by atoms with Crippen molar-refractivity contribution in [1.82, 2.24) is 9.61 Å². The number of rotatable bonds is 0. The third kappa shape index (κ3) is 1.00. The molecule has 0 N–H and O–H groups in total. The molecular weight excluding hydrogens is 136 g/mol. The normalized spacial score (nSPS) is 10.7. The summed E-state index contributed by atoms with van der Waals surface area (Å²) in [6.45, 7) is 4.07. The first-order valence-electron chi connectivity index (χ1n) is 3.68. The summed E-state index contributed by atoms with van der Waals surface area (Å²) in [5, 5.41) is 4.31. The lowest BCUT2D eigenvalue weighted by atomic mass is 10.3. The average molecular weight is 146 g/mol. The molecule has 0 aliphatic carbocycles. The highest BCUT2D eigenvalue weighted by atomic mass is 15.2. The van der Waals surface area contributed by atoms with Gasteiger partial charge in [0.2, 0.25) is 0 Å². The monoisotopic (exact) mass is 146 g/mol. The van der Waals surface area contributed by atoms with E-state index in [9.17, 15) is 0 Å². The predicted molar refractivity (Wildman–Crippen MR) is 44.7 cm³/mol. The molecule has 56 valence electrons. The van der Waals surface area contributed by atoms with Gasteiger partial charge in [0.1, 0.15) is 0 Å². The van der Waals surface area contributed by atoms with E-state index in [1.165, 1.54) is 5.56 Å². The maximum atomic E-state index is 4.31. The smallest absolute Gasteiger partial charge is 0.0649 e. The number of fused-ring (bicyclic) bond motifs is 1. The molecule has 2 heteroatoms. The molecule has 0 saturated heterocycles. The summed E-state index contributed by atoms with van der Waals surface area (Å²) in [5.74, 6) is 0. The van der Waals surface area contributed by atoms with E-state index in [4.69, 9.17) is 0 Å². The van der Waals surface area contributed by atoms with Crippen molar-refractivity contribution in [3.63, 3.8) is 0 Å². The number of hydrogen-bond acceptors (Lipinski definition) is 1. The van der Waals surface area contributed by atoms with Crippen LogP contribution in [0.1, 0.15) is 11.3 Å². The molecule has 0 bridgehead atoms. The van der Waals surface area contributed by atoms with Crippen LogP contribution in [0, 0.1) is 13.8 Å². The van der Waals surface area contributed by atoms with Crippen molar-refractivity contribution >= 4 is 5.52 Å². The fourth-order valence-electron chi connectivity index (χ4n) is 1.22. The molecule has 0 atom stereocenters. The molecule has 0 unspecified atom stereocenters. The van der Waals surface area contributed by atoms with Gasteiger partial charge in [0, 0.05) is 6.20 Å². The number of aromatic nitrogens is 2. The number of aryl methyl sites for hydroxylation is 2. The van der Waals surface area contributed by atoms with Crippen molar-refractivity contribution in [1.29, 1.82) is 0 Å². The fraction of sp³-hybridized carbons (Fsp3) is 0.222. The topological polar surface area (TPSA) is 17.3 Å². The van der Waals surface area contributed by atoms with Crippen LogP contribution in [0.25, 0.3) is 5.52 Å². The van der Waals surface area contributed by atoms with E-state index in [1.807, 2.05) is 23.7 Å². The Bertz CT molecular complexity index is 387. The second-order valence-corrected chi connectivity index (χ2v) is 2.86. The minimum Gasteiger partial charge on any atom is -0.241 e. The van der Waals surface area contributed by atoms with Crippen molar-refractivity contribution in [2.24, 2.45) is 0 Å². The summed E-state index contributed by atoms with van der Waals surface area (Å²) < 4.78 is 1.91. The zero-order valence-corrected chi connectivity index (χ0v) is 6.70. The first-order valence-corrected chi connectivity index (χ1v) is 3.68. The van der Waals surface area contributed by atoms with Crippen LogP contribution in [0.15, 0.2) is 24.4 Å². The maximum Gasteiger partial charge on any atom is 0.0649 e. The van der Waals surface area contributed by atoms with Gasteiger partial charge in [0.15, 0.2) is 0 Å². The lowest BCUT2D eigenvalue weighted by Crippen LogP contribution is -1.90. The fourth-order valence-corrected chi connectivity index (χ4v) is 1.22. The van der Waals surface area contributed by atoms with Crippen LogP contribution in [0.2, 0.25) is 0 Å². The van der Waals surface area contributed by atoms with Gasteiger partial charge in [-0.25, -0.2) is 4.52 Å². The predicted octanol–water partition coefficient (Wildman–Crippen LogP) is 1.95. The molecule has 0 aliphatic heterocycles. The SMILES string of the molecule is Cc1cc2ccc(C)nn2c1. The standard InChI is InChI=1S/C9H10N2/c1-7-5-9-4-3-8(2)10-11(9)6-7/h3-6H,1-2H3. The molecule has 0 aromatic carbocycles. The Balaban J connectivity index is 2.82. The summed E-state index contributed by atoms with van der Waals surface area (Å²) in [6, 6.07) is 6.22. The molecule has 0 amide bonds. The Morgan fingerprint density at radius 2 is 2.09 bits per heavy atom. The lowest BCUT2D eigenvalue weighted by molar-refractivity contribution is 0.903. The highest BCUT2D eigenvalue weighted by Gasteiger charge is 1.94. The van der Waals surface area contributed by atoms with E-state index < -0.39 is 0 Å². The molecule has 11 heavy (non-hydrogen) atoms. The van der Waals surface area contributed by atoms with E-state index in [0.29, 0.717) is 0 Å². The highest BCUT2D eigenvalue weighted by molar-refractivity contribution is 5.48. The second-order valence-electron chi connectivity index (χ2n) is 2.86.